The van der Waals surface area contributed by atoms with Crippen molar-refractivity contribution in [3.8, 4) is 0 Å². The number of halogens is 1. The molecule has 4 nitrogen and oxygen atoms in total. The van der Waals surface area contributed by atoms with E-state index in [0.717, 1.165) is 32.7 Å². The summed E-state index contributed by atoms with van der Waals surface area (Å²) in [4.78, 5) is 17.4. The van der Waals surface area contributed by atoms with Crippen molar-refractivity contribution in [3.05, 3.63) is 0 Å². The first-order valence-corrected chi connectivity index (χ1v) is 9.04. The van der Waals surface area contributed by atoms with Gasteiger partial charge in [0.05, 0.1) is 6.54 Å². The molecule has 3 aliphatic rings. The molecule has 0 aromatic rings. The summed E-state index contributed by atoms with van der Waals surface area (Å²) in [6, 6.07) is 0. The highest BCUT2D eigenvalue weighted by Gasteiger charge is 2.40. The SMILES string of the molecule is Cl.O=C(CN1CCNCC12CCCCC2)N1CCCCCC1. The van der Waals surface area contributed by atoms with E-state index in [1.807, 2.05) is 0 Å². The van der Waals surface area contributed by atoms with Crippen molar-refractivity contribution < 1.29 is 4.79 Å². The summed E-state index contributed by atoms with van der Waals surface area (Å²) in [5, 5.41) is 3.57. The fourth-order valence-electron chi connectivity index (χ4n) is 4.42. The molecular weight excluding hydrogens is 298 g/mol. The van der Waals surface area contributed by atoms with Gasteiger partial charge in [-0.1, -0.05) is 32.1 Å². The van der Waals surface area contributed by atoms with Crippen LogP contribution in [-0.4, -0.2) is 60.5 Å². The maximum atomic E-state index is 12.7. The van der Waals surface area contributed by atoms with Gasteiger partial charge in [-0.05, 0) is 25.7 Å². The molecule has 1 N–H and O–H groups in total. The minimum atomic E-state index is 0. The molecule has 0 aromatic carbocycles. The van der Waals surface area contributed by atoms with Crippen LogP contribution in [0.3, 0.4) is 0 Å². The number of nitrogens with one attached hydrogen (secondary N) is 1. The number of carbonyl (C=O) groups is 1. The molecule has 3 fully saturated rings. The van der Waals surface area contributed by atoms with Gasteiger partial charge < -0.3 is 10.2 Å². The van der Waals surface area contributed by atoms with Crippen molar-refractivity contribution >= 4 is 18.3 Å². The van der Waals surface area contributed by atoms with E-state index in [4.69, 9.17) is 0 Å². The van der Waals surface area contributed by atoms with Crippen LogP contribution in [0.15, 0.2) is 0 Å². The van der Waals surface area contributed by atoms with Gasteiger partial charge in [-0.15, -0.1) is 12.4 Å². The zero-order valence-electron chi connectivity index (χ0n) is 13.8. The van der Waals surface area contributed by atoms with E-state index in [2.05, 4.69) is 15.1 Å². The van der Waals surface area contributed by atoms with Crippen LogP contribution in [0.25, 0.3) is 0 Å². The lowest BCUT2D eigenvalue weighted by atomic mass is 9.79. The third-order valence-corrected chi connectivity index (χ3v) is 5.75. The Bertz CT molecular complexity index is 342. The van der Waals surface area contributed by atoms with Gasteiger partial charge >= 0.3 is 0 Å². The minimum Gasteiger partial charge on any atom is -0.342 e. The molecule has 0 aromatic heterocycles. The number of amides is 1. The fraction of sp³-hybridized carbons (Fsp3) is 0.941. The molecule has 2 saturated heterocycles. The number of hydrogen-bond acceptors (Lipinski definition) is 3. The van der Waals surface area contributed by atoms with Gasteiger partial charge in [-0.3, -0.25) is 9.69 Å². The molecular formula is C17H32ClN3O. The highest BCUT2D eigenvalue weighted by atomic mass is 35.5. The molecule has 1 spiro atoms. The molecule has 0 radical (unpaired) electrons. The van der Waals surface area contributed by atoms with Crippen molar-refractivity contribution in [2.75, 3.05) is 39.3 Å². The van der Waals surface area contributed by atoms with E-state index < -0.39 is 0 Å². The number of likely N-dealkylation sites (tertiary alicyclic amines) is 1. The third-order valence-electron chi connectivity index (χ3n) is 5.75. The Labute approximate surface area is 141 Å². The lowest BCUT2D eigenvalue weighted by Gasteiger charge is -2.50. The second kappa shape index (κ2) is 8.51. The predicted octanol–water partition coefficient (Wildman–Crippen LogP) is 2.42. The molecule has 3 rings (SSSR count). The summed E-state index contributed by atoms with van der Waals surface area (Å²) in [5.74, 6) is 0.378. The Morgan fingerprint density at radius 1 is 0.909 bits per heavy atom. The number of rotatable bonds is 2. The maximum Gasteiger partial charge on any atom is 0.236 e. The van der Waals surface area contributed by atoms with Crippen LogP contribution in [0.2, 0.25) is 0 Å². The molecule has 1 amide bonds. The topological polar surface area (TPSA) is 35.6 Å². The van der Waals surface area contributed by atoms with Crippen LogP contribution in [0.5, 0.6) is 0 Å². The van der Waals surface area contributed by atoms with E-state index in [1.165, 1.54) is 57.8 Å². The molecule has 22 heavy (non-hydrogen) atoms. The van der Waals surface area contributed by atoms with Crippen LogP contribution in [0.4, 0.5) is 0 Å². The smallest absolute Gasteiger partial charge is 0.236 e. The van der Waals surface area contributed by atoms with Crippen molar-refractivity contribution in [1.29, 1.82) is 0 Å². The number of piperazine rings is 1. The zero-order valence-corrected chi connectivity index (χ0v) is 14.6. The summed E-state index contributed by atoms with van der Waals surface area (Å²) in [6.07, 6.45) is 11.5. The van der Waals surface area contributed by atoms with E-state index in [1.54, 1.807) is 0 Å². The van der Waals surface area contributed by atoms with Crippen LogP contribution in [-0.2, 0) is 4.79 Å². The average Bonchev–Trinajstić information content (AvgIpc) is 2.80. The average molecular weight is 330 g/mol. The number of carbonyl (C=O) groups excluding carboxylic acids is 1. The molecule has 1 saturated carbocycles. The Balaban J connectivity index is 0.00000176. The van der Waals surface area contributed by atoms with Crippen molar-refractivity contribution in [2.24, 2.45) is 0 Å². The van der Waals surface area contributed by atoms with Gasteiger partial charge in [0, 0.05) is 38.3 Å². The summed E-state index contributed by atoms with van der Waals surface area (Å²) in [7, 11) is 0. The highest BCUT2D eigenvalue weighted by Crippen LogP contribution is 2.34. The second-order valence-electron chi connectivity index (χ2n) is 7.18. The Kier molecular flexibility index (Phi) is 6.97. The maximum absolute atomic E-state index is 12.7. The standard InChI is InChI=1S/C17H31N3O.ClH/c21-16(19-11-6-1-2-7-12-19)14-20-13-10-18-15-17(20)8-4-3-5-9-17;/h18H,1-15H2;1H. The lowest BCUT2D eigenvalue weighted by molar-refractivity contribution is -0.135. The molecule has 128 valence electrons. The predicted molar refractivity (Wildman–Crippen MR) is 92.6 cm³/mol. The summed E-state index contributed by atoms with van der Waals surface area (Å²) in [5.41, 5.74) is 0.276. The Morgan fingerprint density at radius 2 is 1.55 bits per heavy atom. The molecule has 2 heterocycles. The van der Waals surface area contributed by atoms with E-state index in [-0.39, 0.29) is 17.9 Å². The van der Waals surface area contributed by atoms with Gasteiger partial charge in [-0.2, -0.15) is 0 Å². The normalized spacial score (nSPS) is 26.3. The molecule has 0 unspecified atom stereocenters. The second-order valence-corrected chi connectivity index (χ2v) is 7.18. The van der Waals surface area contributed by atoms with E-state index >= 15 is 0 Å². The van der Waals surface area contributed by atoms with Crippen LogP contribution in [0, 0.1) is 0 Å². The zero-order chi connectivity index (χ0) is 14.5. The van der Waals surface area contributed by atoms with Gasteiger partial charge in [0.2, 0.25) is 5.91 Å². The van der Waals surface area contributed by atoms with Crippen LogP contribution in [0.1, 0.15) is 57.8 Å². The first kappa shape index (κ1) is 18.0. The lowest BCUT2D eigenvalue weighted by Crippen LogP contribution is -2.63. The quantitative estimate of drug-likeness (QED) is 0.845. The van der Waals surface area contributed by atoms with Crippen LogP contribution >= 0.6 is 12.4 Å². The molecule has 2 aliphatic heterocycles. The molecule has 0 atom stereocenters. The summed E-state index contributed by atoms with van der Waals surface area (Å²) < 4.78 is 0. The summed E-state index contributed by atoms with van der Waals surface area (Å²) >= 11 is 0. The van der Waals surface area contributed by atoms with Gasteiger partial charge in [0.1, 0.15) is 0 Å². The monoisotopic (exact) mass is 329 g/mol. The molecule has 1 aliphatic carbocycles. The first-order chi connectivity index (χ1) is 10.3. The number of hydrogen-bond donors (Lipinski definition) is 1. The van der Waals surface area contributed by atoms with E-state index in [0.29, 0.717) is 12.5 Å². The van der Waals surface area contributed by atoms with Gasteiger partial charge in [0.15, 0.2) is 0 Å². The van der Waals surface area contributed by atoms with Crippen LogP contribution < -0.4 is 5.32 Å². The van der Waals surface area contributed by atoms with E-state index in [9.17, 15) is 4.79 Å². The minimum absolute atomic E-state index is 0. The largest absolute Gasteiger partial charge is 0.342 e. The number of nitrogens with zero attached hydrogens (tertiary/aromatic N) is 2. The fourth-order valence-corrected chi connectivity index (χ4v) is 4.42. The third kappa shape index (κ3) is 4.15. The van der Waals surface area contributed by atoms with Gasteiger partial charge in [0.25, 0.3) is 0 Å². The van der Waals surface area contributed by atoms with Crippen molar-refractivity contribution in [1.82, 2.24) is 15.1 Å². The first-order valence-electron chi connectivity index (χ1n) is 9.04. The highest BCUT2D eigenvalue weighted by molar-refractivity contribution is 5.85. The summed E-state index contributed by atoms with van der Waals surface area (Å²) in [6.45, 7) is 5.78. The Morgan fingerprint density at radius 3 is 2.23 bits per heavy atom. The molecule has 0 bridgehead atoms. The van der Waals surface area contributed by atoms with Crippen molar-refractivity contribution in [3.63, 3.8) is 0 Å². The van der Waals surface area contributed by atoms with Crippen molar-refractivity contribution in [2.45, 2.75) is 63.3 Å². The molecule has 5 heteroatoms. The van der Waals surface area contributed by atoms with Gasteiger partial charge in [-0.25, -0.2) is 0 Å². The Hall–Kier alpha value is -0.320.